The Kier molecular flexibility index (Phi) is 1.37. The van der Waals surface area contributed by atoms with E-state index in [0.29, 0.717) is 5.92 Å². The first kappa shape index (κ1) is 7.56. The van der Waals surface area contributed by atoms with Gasteiger partial charge in [0.05, 0.1) is 12.3 Å². The molecule has 1 heterocycles. The van der Waals surface area contributed by atoms with Crippen LogP contribution in [0.4, 0.5) is 0 Å². The molecular weight excluding hydrogens is 166 g/mol. The van der Waals surface area contributed by atoms with Crippen LogP contribution in [0.3, 0.4) is 0 Å². The van der Waals surface area contributed by atoms with E-state index in [-0.39, 0.29) is 12.0 Å². The third kappa shape index (κ3) is 1.10. The molecule has 3 nitrogen and oxygen atoms in total. The molecule has 0 spiro atoms. The van der Waals surface area contributed by atoms with Gasteiger partial charge in [-0.15, -0.1) is 0 Å². The lowest BCUT2D eigenvalue weighted by atomic mass is 10.0. The average molecular weight is 179 g/mol. The van der Waals surface area contributed by atoms with Crippen LogP contribution in [0.15, 0.2) is 10.6 Å². The highest BCUT2D eigenvalue weighted by Gasteiger charge is 2.47. The zero-order valence-corrected chi connectivity index (χ0v) is 7.49. The second-order valence-electron chi connectivity index (χ2n) is 4.33. The molecule has 0 aliphatic heterocycles. The number of hydrogen-bond acceptors (Lipinski definition) is 3. The average Bonchev–Trinajstić information content (AvgIpc) is 3.07. The largest absolute Gasteiger partial charge is 0.395 e. The second-order valence-corrected chi connectivity index (χ2v) is 4.33. The highest BCUT2D eigenvalue weighted by Crippen LogP contribution is 2.49. The Morgan fingerprint density at radius 1 is 1.54 bits per heavy atom. The maximum atomic E-state index is 9.19. The molecule has 0 amide bonds. The Balaban J connectivity index is 1.88. The van der Waals surface area contributed by atoms with Crippen LogP contribution in [-0.2, 0) is 5.41 Å². The lowest BCUT2D eigenvalue weighted by molar-refractivity contribution is 0.247. The molecule has 0 atom stereocenters. The van der Waals surface area contributed by atoms with Crippen molar-refractivity contribution < 1.29 is 9.63 Å². The summed E-state index contributed by atoms with van der Waals surface area (Å²) in [6.45, 7) is 0.212. The van der Waals surface area contributed by atoms with E-state index in [2.05, 4.69) is 5.16 Å². The van der Waals surface area contributed by atoms with Gasteiger partial charge >= 0.3 is 0 Å². The molecule has 3 heteroatoms. The maximum absolute atomic E-state index is 9.19. The first-order valence-electron chi connectivity index (χ1n) is 4.92. The van der Waals surface area contributed by atoms with E-state index < -0.39 is 0 Å². The summed E-state index contributed by atoms with van der Waals surface area (Å²) in [5, 5.41) is 13.2. The molecule has 1 aromatic rings. The van der Waals surface area contributed by atoms with Gasteiger partial charge in [0.15, 0.2) is 0 Å². The van der Waals surface area contributed by atoms with Crippen molar-refractivity contribution in [3.8, 4) is 0 Å². The van der Waals surface area contributed by atoms with Gasteiger partial charge in [0.1, 0.15) is 5.76 Å². The van der Waals surface area contributed by atoms with Gasteiger partial charge in [-0.25, -0.2) is 0 Å². The molecule has 3 rings (SSSR count). The number of aliphatic hydroxyl groups excluding tert-OH is 1. The molecule has 2 aliphatic carbocycles. The van der Waals surface area contributed by atoms with Crippen LogP contribution in [0.2, 0.25) is 0 Å². The number of aliphatic hydroxyl groups is 1. The van der Waals surface area contributed by atoms with E-state index in [1.54, 1.807) is 0 Å². The van der Waals surface area contributed by atoms with E-state index in [4.69, 9.17) is 4.52 Å². The minimum atomic E-state index is -0.0311. The molecule has 13 heavy (non-hydrogen) atoms. The van der Waals surface area contributed by atoms with Gasteiger partial charge in [-0.3, -0.25) is 0 Å². The van der Waals surface area contributed by atoms with E-state index in [1.165, 1.54) is 12.8 Å². The molecule has 2 aliphatic rings. The molecule has 0 saturated heterocycles. The highest BCUT2D eigenvalue weighted by atomic mass is 16.5. The van der Waals surface area contributed by atoms with Crippen LogP contribution < -0.4 is 0 Å². The van der Waals surface area contributed by atoms with Crippen molar-refractivity contribution in [2.45, 2.75) is 37.0 Å². The molecule has 2 saturated carbocycles. The molecule has 0 unspecified atom stereocenters. The summed E-state index contributed by atoms with van der Waals surface area (Å²) >= 11 is 0. The Hall–Kier alpha value is -0.830. The summed E-state index contributed by atoms with van der Waals surface area (Å²) in [7, 11) is 0. The lowest BCUT2D eigenvalue weighted by Crippen LogP contribution is -2.11. The van der Waals surface area contributed by atoms with E-state index in [1.807, 2.05) is 6.07 Å². The number of hydrogen-bond donors (Lipinski definition) is 1. The Morgan fingerprint density at radius 3 is 2.85 bits per heavy atom. The molecule has 1 N–H and O–H groups in total. The molecule has 0 aromatic carbocycles. The quantitative estimate of drug-likeness (QED) is 0.766. The maximum Gasteiger partial charge on any atom is 0.140 e. The Bertz CT molecular complexity index is 323. The van der Waals surface area contributed by atoms with Crippen molar-refractivity contribution in [2.24, 2.45) is 0 Å². The summed E-state index contributed by atoms with van der Waals surface area (Å²) < 4.78 is 5.26. The van der Waals surface area contributed by atoms with Crippen LogP contribution >= 0.6 is 0 Å². The molecular formula is C10H13NO2. The van der Waals surface area contributed by atoms with Gasteiger partial charge in [-0.1, -0.05) is 5.16 Å². The van der Waals surface area contributed by atoms with Crippen LogP contribution in [0, 0.1) is 0 Å². The van der Waals surface area contributed by atoms with E-state index in [0.717, 1.165) is 24.3 Å². The summed E-state index contributed by atoms with van der Waals surface area (Å²) in [6.07, 6.45) is 4.59. The standard InChI is InChI=1S/C10H13NO2/c12-6-10(3-4-10)9-5-8(13-11-9)7-1-2-7/h5,7,12H,1-4,6H2. The van der Waals surface area contributed by atoms with Crippen LogP contribution in [0.1, 0.15) is 43.1 Å². The zero-order chi connectivity index (χ0) is 8.89. The van der Waals surface area contributed by atoms with Crippen molar-refractivity contribution in [3.05, 3.63) is 17.5 Å². The molecule has 1 aromatic heterocycles. The molecule has 0 radical (unpaired) electrons. The third-order valence-corrected chi connectivity index (χ3v) is 3.21. The zero-order valence-electron chi connectivity index (χ0n) is 7.49. The molecule has 70 valence electrons. The smallest absolute Gasteiger partial charge is 0.140 e. The summed E-state index contributed by atoms with van der Waals surface area (Å²) in [5.74, 6) is 1.64. The summed E-state index contributed by atoms with van der Waals surface area (Å²) in [5.41, 5.74) is 0.938. The summed E-state index contributed by atoms with van der Waals surface area (Å²) in [4.78, 5) is 0. The van der Waals surface area contributed by atoms with Crippen LogP contribution in [0.5, 0.6) is 0 Å². The fourth-order valence-corrected chi connectivity index (χ4v) is 1.75. The highest BCUT2D eigenvalue weighted by molar-refractivity contribution is 5.27. The first-order valence-corrected chi connectivity index (χ1v) is 4.92. The van der Waals surface area contributed by atoms with Crippen molar-refractivity contribution in [1.82, 2.24) is 5.16 Å². The SMILES string of the molecule is OCC1(c2cc(C3CC3)on2)CC1. The van der Waals surface area contributed by atoms with Gasteiger partial charge in [0.25, 0.3) is 0 Å². The van der Waals surface area contributed by atoms with Gasteiger partial charge in [0.2, 0.25) is 0 Å². The van der Waals surface area contributed by atoms with E-state index >= 15 is 0 Å². The van der Waals surface area contributed by atoms with Gasteiger partial charge in [-0.2, -0.15) is 0 Å². The van der Waals surface area contributed by atoms with Crippen molar-refractivity contribution in [2.75, 3.05) is 6.61 Å². The number of aromatic nitrogens is 1. The monoisotopic (exact) mass is 179 g/mol. The van der Waals surface area contributed by atoms with Crippen LogP contribution in [0.25, 0.3) is 0 Å². The van der Waals surface area contributed by atoms with Crippen molar-refractivity contribution in [1.29, 1.82) is 0 Å². The topological polar surface area (TPSA) is 46.3 Å². The van der Waals surface area contributed by atoms with Crippen LogP contribution in [-0.4, -0.2) is 16.9 Å². The Morgan fingerprint density at radius 2 is 2.31 bits per heavy atom. The molecule has 0 bridgehead atoms. The number of nitrogens with zero attached hydrogens (tertiary/aromatic N) is 1. The van der Waals surface area contributed by atoms with Gasteiger partial charge < -0.3 is 9.63 Å². The van der Waals surface area contributed by atoms with Gasteiger partial charge in [-0.05, 0) is 25.7 Å². The predicted molar refractivity (Wildman–Crippen MR) is 46.5 cm³/mol. The third-order valence-electron chi connectivity index (χ3n) is 3.21. The van der Waals surface area contributed by atoms with Crippen molar-refractivity contribution in [3.63, 3.8) is 0 Å². The Labute approximate surface area is 76.7 Å². The van der Waals surface area contributed by atoms with Gasteiger partial charge in [0, 0.05) is 17.4 Å². The van der Waals surface area contributed by atoms with E-state index in [9.17, 15) is 5.11 Å². The summed E-state index contributed by atoms with van der Waals surface area (Å²) in [6, 6.07) is 2.04. The fourth-order valence-electron chi connectivity index (χ4n) is 1.75. The fraction of sp³-hybridized carbons (Fsp3) is 0.700. The minimum Gasteiger partial charge on any atom is -0.395 e. The first-order chi connectivity index (χ1) is 6.34. The minimum absolute atomic E-state index is 0.0311. The predicted octanol–water partition coefficient (Wildman–Crippen LogP) is 1.58. The molecule has 2 fully saturated rings. The number of rotatable bonds is 3. The normalized spacial score (nSPS) is 24.7. The lowest BCUT2D eigenvalue weighted by Gasteiger charge is -2.04. The van der Waals surface area contributed by atoms with Crippen molar-refractivity contribution >= 4 is 0 Å². The second kappa shape index (κ2) is 2.35.